The summed E-state index contributed by atoms with van der Waals surface area (Å²) in [6, 6.07) is 0. The highest BCUT2D eigenvalue weighted by Gasteiger charge is 1.93. The SMILES string of the molecule is C#C[C@H](O)/C=C/CCCCCCC/C=C\CCCC/C=C\CCCCCCCCC/C=C/[C@@H](O)C#C. The molecule has 0 aliphatic heterocycles. The Bertz CT molecular complexity index is 656. The maximum Gasteiger partial charge on any atom is 0.133 e. The van der Waals surface area contributed by atoms with Crippen LogP contribution < -0.4 is 0 Å². The van der Waals surface area contributed by atoms with E-state index in [-0.39, 0.29) is 0 Å². The quantitative estimate of drug-likeness (QED) is 0.0755. The van der Waals surface area contributed by atoms with Crippen molar-refractivity contribution in [3.8, 4) is 24.7 Å². The van der Waals surface area contributed by atoms with Gasteiger partial charge in [0.25, 0.3) is 0 Å². The first-order valence-electron chi connectivity index (χ1n) is 14.6. The summed E-state index contributed by atoms with van der Waals surface area (Å²) in [5, 5.41) is 18.4. The standard InChI is InChI=1S/C34H54O2/c1-3-33(35)31-29-27-25-23-21-19-17-15-13-11-9-7-5-6-8-10-12-14-16-18-20-22-24-26-28-30-32-34(36)4-2/h1-2,7,9,12,14,29-36H,5-6,8,10-11,13,15-28H2/b9-7-,14-12-,31-29+,32-30+/t33-,34-/m0/s1. The molecule has 2 nitrogen and oxygen atoms in total. The number of terminal acetylenes is 2. The molecule has 0 bridgehead atoms. The summed E-state index contributed by atoms with van der Waals surface area (Å²) in [6.45, 7) is 0. The molecule has 36 heavy (non-hydrogen) atoms. The van der Waals surface area contributed by atoms with Crippen molar-refractivity contribution in [1.29, 1.82) is 0 Å². The lowest BCUT2D eigenvalue weighted by atomic mass is 10.1. The third-order valence-electron chi connectivity index (χ3n) is 6.29. The molecule has 0 rings (SSSR count). The molecular weight excluding hydrogens is 440 g/mol. The van der Waals surface area contributed by atoms with Gasteiger partial charge in [-0.15, -0.1) is 12.8 Å². The minimum Gasteiger partial charge on any atom is -0.377 e. The fraction of sp³-hybridized carbons (Fsp3) is 0.647. The Morgan fingerprint density at radius 2 is 0.611 bits per heavy atom. The summed E-state index contributed by atoms with van der Waals surface area (Å²) in [5.41, 5.74) is 0. The molecule has 0 saturated carbocycles. The van der Waals surface area contributed by atoms with Gasteiger partial charge in [0.1, 0.15) is 12.2 Å². The van der Waals surface area contributed by atoms with Gasteiger partial charge in [0.15, 0.2) is 0 Å². The number of hydrogen-bond acceptors (Lipinski definition) is 2. The van der Waals surface area contributed by atoms with Gasteiger partial charge in [-0.05, 0) is 89.2 Å². The molecule has 0 radical (unpaired) electrons. The minimum atomic E-state index is -0.724. The normalized spacial score (nSPS) is 13.7. The minimum absolute atomic E-state index is 0.722. The highest BCUT2D eigenvalue weighted by atomic mass is 16.3. The summed E-state index contributed by atoms with van der Waals surface area (Å²) in [6.07, 6.45) is 50.6. The topological polar surface area (TPSA) is 40.5 Å². The Balaban J connectivity index is 3.26. The Morgan fingerprint density at radius 3 is 0.889 bits per heavy atom. The first-order chi connectivity index (χ1) is 17.7. The van der Waals surface area contributed by atoms with Crippen LogP contribution in [0.25, 0.3) is 0 Å². The van der Waals surface area contributed by atoms with E-state index in [4.69, 9.17) is 12.8 Å². The van der Waals surface area contributed by atoms with Crippen LogP contribution in [0, 0.1) is 24.7 Å². The lowest BCUT2D eigenvalue weighted by molar-refractivity contribution is 0.280. The van der Waals surface area contributed by atoms with E-state index in [0.717, 1.165) is 12.8 Å². The van der Waals surface area contributed by atoms with Crippen molar-refractivity contribution in [3.05, 3.63) is 48.6 Å². The fourth-order valence-corrected chi connectivity index (χ4v) is 4.02. The lowest BCUT2D eigenvalue weighted by Crippen LogP contribution is -1.95. The Hall–Kier alpha value is -2.00. The molecule has 0 fully saturated rings. The second-order valence-electron chi connectivity index (χ2n) is 9.70. The molecule has 2 atom stereocenters. The van der Waals surface area contributed by atoms with Crippen molar-refractivity contribution in [3.63, 3.8) is 0 Å². The van der Waals surface area contributed by atoms with Crippen LogP contribution in [0.3, 0.4) is 0 Å². The number of aliphatic hydroxyl groups is 2. The van der Waals surface area contributed by atoms with Gasteiger partial charge in [-0.1, -0.05) is 99.7 Å². The Morgan fingerprint density at radius 1 is 0.389 bits per heavy atom. The van der Waals surface area contributed by atoms with Crippen molar-refractivity contribution >= 4 is 0 Å². The highest BCUT2D eigenvalue weighted by molar-refractivity contribution is 5.06. The van der Waals surface area contributed by atoms with Crippen LogP contribution in [0.5, 0.6) is 0 Å². The molecule has 0 unspecified atom stereocenters. The van der Waals surface area contributed by atoms with Crippen LogP contribution >= 0.6 is 0 Å². The van der Waals surface area contributed by atoms with E-state index in [1.165, 1.54) is 116 Å². The maximum atomic E-state index is 9.23. The summed E-state index contributed by atoms with van der Waals surface area (Å²) < 4.78 is 0. The zero-order valence-corrected chi connectivity index (χ0v) is 23.0. The van der Waals surface area contributed by atoms with Crippen LogP contribution in [0.2, 0.25) is 0 Å². The van der Waals surface area contributed by atoms with Gasteiger partial charge in [0, 0.05) is 0 Å². The molecule has 0 aromatic heterocycles. The van der Waals surface area contributed by atoms with E-state index in [9.17, 15) is 10.2 Å². The predicted molar refractivity (Wildman–Crippen MR) is 159 cm³/mol. The Kier molecular flexibility index (Phi) is 27.6. The average molecular weight is 495 g/mol. The van der Waals surface area contributed by atoms with Crippen molar-refractivity contribution < 1.29 is 10.2 Å². The number of unbranched alkanes of at least 4 members (excludes halogenated alkanes) is 17. The molecule has 0 saturated heterocycles. The van der Waals surface area contributed by atoms with Gasteiger partial charge in [0.05, 0.1) is 0 Å². The first kappa shape index (κ1) is 34.0. The van der Waals surface area contributed by atoms with Crippen LogP contribution in [0.15, 0.2) is 48.6 Å². The van der Waals surface area contributed by atoms with Gasteiger partial charge < -0.3 is 10.2 Å². The van der Waals surface area contributed by atoms with Crippen molar-refractivity contribution in [2.45, 2.75) is 141 Å². The summed E-state index contributed by atoms with van der Waals surface area (Å²) in [5.74, 6) is 4.58. The predicted octanol–water partition coefficient (Wildman–Crippen LogP) is 9.00. The van der Waals surface area contributed by atoms with E-state index in [2.05, 4.69) is 36.1 Å². The summed E-state index contributed by atoms with van der Waals surface area (Å²) in [4.78, 5) is 0. The van der Waals surface area contributed by atoms with Crippen molar-refractivity contribution in [2.75, 3.05) is 0 Å². The Labute approximate surface area is 224 Å². The second-order valence-corrected chi connectivity index (χ2v) is 9.70. The third kappa shape index (κ3) is 28.2. The van der Waals surface area contributed by atoms with Crippen LogP contribution in [0.4, 0.5) is 0 Å². The van der Waals surface area contributed by atoms with E-state index in [1.54, 1.807) is 12.2 Å². The van der Waals surface area contributed by atoms with E-state index >= 15 is 0 Å². The molecule has 0 spiro atoms. The van der Waals surface area contributed by atoms with Crippen molar-refractivity contribution in [2.24, 2.45) is 0 Å². The van der Waals surface area contributed by atoms with E-state index in [0.29, 0.717) is 0 Å². The molecular formula is C34H54O2. The van der Waals surface area contributed by atoms with E-state index in [1.807, 2.05) is 12.2 Å². The number of aliphatic hydroxyl groups excluding tert-OH is 2. The fourth-order valence-electron chi connectivity index (χ4n) is 4.02. The third-order valence-corrected chi connectivity index (χ3v) is 6.29. The molecule has 0 aromatic rings. The van der Waals surface area contributed by atoms with Gasteiger partial charge in [-0.2, -0.15) is 0 Å². The molecule has 0 aromatic carbocycles. The van der Waals surface area contributed by atoms with Gasteiger partial charge in [0.2, 0.25) is 0 Å². The van der Waals surface area contributed by atoms with Gasteiger partial charge >= 0.3 is 0 Å². The zero-order valence-electron chi connectivity index (χ0n) is 23.0. The molecule has 202 valence electrons. The number of allylic oxidation sites excluding steroid dienone is 6. The first-order valence-corrected chi connectivity index (χ1v) is 14.6. The number of rotatable bonds is 25. The largest absolute Gasteiger partial charge is 0.377 e. The molecule has 0 aliphatic carbocycles. The highest BCUT2D eigenvalue weighted by Crippen LogP contribution is 2.11. The van der Waals surface area contributed by atoms with Crippen molar-refractivity contribution in [1.82, 2.24) is 0 Å². The second kappa shape index (κ2) is 29.2. The summed E-state index contributed by atoms with van der Waals surface area (Å²) in [7, 11) is 0. The molecule has 0 heterocycles. The molecule has 0 aliphatic rings. The molecule has 0 amide bonds. The van der Waals surface area contributed by atoms with E-state index < -0.39 is 12.2 Å². The smallest absolute Gasteiger partial charge is 0.133 e. The average Bonchev–Trinajstić information content (AvgIpc) is 2.89. The van der Waals surface area contributed by atoms with Crippen LogP contribution in [0.1, 0.15) is 128 Å². The van der Waals surface area contributed by atoms with Crippen LogP contribution in [-0.4, -0.2) is 22.4 Å². The molecule has 2 N–H and O–H groups in total. The summed E-state index contributed by atoms with van der Waals surface area (Å²) >= 11 is 0. The van der Waals surface area contributed by atoms with Gasteiger partial charge in [-0.3, -0.25) is 0 Å². The van der Waals surface area contributed by atoms with Gasteiger partial charge in [-0.25, -0.2) is 0 Å². The number of hydrogen-bond donors (Lipinski definition) is 2. The van der Waals surface area contributed by atoms with Crippen LogP contribution in [-0.2, 0) is 0 Å². The zero-order chi connectivity index (χ0) is 26.4. The lowest BCUT2D eigenvalue weighted by Gasteiger charge is -2.00. The maximum absolute atomic E-state index is 9.23. The molecule has 2 heteroatoms. The monoisotopic (exact) mass is 494 g/mol.